The van der Waals surface area contributed by atoms with Crippen molar-refractivity contribution in [1.29, 1.82) is 0 Å². The number of benzene rings is 2. The van der Waals surface area contributed by atoms with Crippen LogP contribution < -0.4 is 10.4 Å². The van der Waals surface area contributed by atoms with Crippen LogP contribution >= 0.6 is 0 Å². The molecule has 0 heterocycles. The Hall–Kier alpha value is -1.42. The summed E-state index contributed by atoms with van der Waals surface area (Å²) in [5.41, 5.74) is 0. The zero-order valence-electron chi connectivity index (χ0n) is 20.3. The molecule has 0 saturated heterocycles. The van der Waals surface area contributed by atoms with E-state index in [1.54, 1.807) is 0 Å². The molecule has 0 N–H and O–H groups in total. The lowest BCUT2D eigenvalue weighted by molar-refractivity contribution is 0.179. The maximum Gasteiger partial charge on any atom is 0.407 e. The Kier molecular flexibility index (Phi) is 12.2. The van der Waals surface area contributed by atoms with Gasteiger partial charge < -0.3 is 8.85 Å². The van der Waals surface area contributed by atoms with Crippen LogP contribution in [0.25, 0.3) is 0 Å². The second-order valence-corrected chi connectivity index (χ2v) is 12.1. The van der Waals surface area contributed by atoms with Gasteiger partial charge in [0.15, 0.2) is 0 Å². The molecule has 0 aromatic heterocycles. The first-order chi connectivity index (χ1) is 15.1. The minimum atomic E-state index is -2.73. The molecule has 0 spiro atoms. The highest BCUT2D eigenvalue weighted by atomic mass is 28.4. The van der Waals surface area contributed by atoms with Gasteiger partial charge in [-0.15, -0.1) is 0 Å². The summed E-state index contributed by atoms with van der Waals surface area (Å²) in [5.74, 6) is 1.53. The summed E-state index contributed by atoms with van der Waals surface area (Å²) < 4.78 is 13.6. The van der Waals surface area contributed by atoms with Gasteiger partial charge in [0.2, 0.25) is 0 Å². The van der Waals surface area contributed by atoms with Gasteiger partial charge in [-0.05, 0) is 47.9 Å². The largest absolute Gasteiger partial charge is 0.407 e. The Labute approximate surface area is 192 Å². The fourth-order valence-electron chi connectivity index (χ4n) is 4.43. The van der Waals surface area contributed by atoms with Crippen LogP contribution in [0.5, 0.6) is 0 Å². The fourth-order valence-corrected chi connectivity index (χ4v) is 7.64. The van der Waals surface area contributed by atoms with Crippen molar-refractivity contribution in [3.8, 4) is 0 Å². The molecular weight excluding hydrogens is 396 g/mol. The second-order valence-electron chi connectivity index (χ2n) is 9.12. The summed E-state index contributed by atoms with van der Waals surface area (Å²) in [6.45, 7) is 10.8. The first kappa shape index (κ1) is 25.8. The Morgan fingerprint density at radius 3 is 1.35 bits per heavy atom. The normalized spacial score (nSPS) is 13.8. The predicted molar refractivity (Wildman–Crippen MR) is 136 cm³/mol. The molecule has 0 aliphatic heterocycles. The van der Waals surface area contributed by atoms with Crippen LogP contribution in [-0.4, -0.2) is 21.8 Å². The van der Waals surface area contributed by atoms with Crippen LogP contribution in [0.15, 0.2) is 60.7 Å². The third-order valence-electron chi connectivity index (χ3n) is 6.16. The van der Waals surface area contributed by atoms with E-state index in [4.69, 9.17) is 8.85 Å². The predicted octanol–water partition coefficient (Wildman–Crippen LogP) is 6.71. The van der Waals surface area contributed by atoms with Crippen molar-refractivity contribution in [1.82, 2.24) is 0 Å². The summed E-state index contributed by atoms with van der Waals surface area (Å²) in [7, 11) is -2.73. The van der Waals surface area contributed by atoms with Crippen molar-refractivity contribution in [3.05, 3.63) is 60.7 Å². The maximum absolute atomic E-state index is 6.80. The second kappa shape index (κ2) is 14.6. The van der Waals surface area contributed by atoms with Gasteiger partial charge in [-0.2, -0.15) is 0 Å². The Morgan fingerprint density at radius 1 is 0.613 bits per heavy atom. The molecule has 2 aromatic rings. The van der Waals surface area contributed by atoms with Gasteiger partial charge in [0, 0.05) is 13.2 Å². The molecule has 2 atom stereocenters. The van der Waals surface area contributed by atoms with Gasteiger partial charge in [-0.3, -0.25) is 0 Å². The average molecular weight is 441 g/mol. The van der Waals surface area contributed by atoms with Crippen LogP contribution in [0, 0.1) is 11.8 Å². The third-order valence-corrected chi connectivity index (χ3v) is 9.57. The lowest BCUT2D eigenvalue weighted by Gasteiger charge is -2.32. The summed E-state index contributed by atoms with van der Waals surface area (Å²) in [4.78, 5) is 0. The van der Waals surface area contributed by atoms with E-state index in [0.717, 1.165) is 37.9 Å². The van der Waals surface area contributed by atoms with E-state index in [0.29, 0.717) is 0 Å². The smallest absolute Gasteiger partial charge is 0.388 e. The lowest BCUT2D eigenvalue weighted by atomic mass is 10.0. The van der Waals surface area contributed by atoms with E-state index in [1.807, 2.05) is 0 Å². The van der Waals surface area contributed by atoms with Crippen molar-refractivity contribution >= 4 is 18.9 Å². The maximum atomic E-state index is 6.80. The van der Waals surface area contributed by atoms with Crippen LogP contribution in [-0.2, 0) is 8.85 Å². The minimum Gasteiger partial charge on any atom is -0.388 e. The molecule has 0 aliphatic rings. The number of rotatable bonds is 16. The van der Waals surface area contributed by atoms with Gasteiger partial charge in [-0.25, -0.2) is 0 Å². The van der Waals surface area contributed by atoms with E-state index in [9.17, 15) is 0 Å². The first-order valence-corrected chi connectivity index (χ1v) is 14.3. The van der Waals surface area contributed by atoms with Crippen molar-refractivity contribution < 1.29 is 8.85 Å². The zero-order valence-corrected chi connectivity index (χ0v) is 21.3. The molecule has 0 bridgehead atoms. The van der Waals surface area contributed by atoms with Gasteiger partial charge in [0.1, 0.15) is 0 Å². The fraction of sp³-hybridized carbons (Fsp3) is 0.571. The SMILES string of the molecule is CCCC(C)CCCO[Si](OCCCC(C)CCC)(c1ccccc1)c1ccccc1. The number of hydrogen-bond acceptors (Lipinski definition) is 2. The van der Waals surface area contributed by atoms with Crippen molar-refractivity contribution in [2.24, 2.45) is 11.8 Å². The van der Waals surface area contributed by atoms with Crippen molar-refractivity contribution in [2.75, 3.05) is 13.2 Å². The molecule has 0 amide bonds. The van der Waals surface area contributed by atoms with Crippen LogP contribution in [0.4, 0.5) is 0 Å². The quantitative estimate of drug-likeness (QED) is 0.213. The third kappa shape index (κ3) is 8.55. The van der Waals surface area contributed by atoms with Gasteiger partial charge in [-0.1, -0.05) is 114 Å². The highest BCUT2D eigenvalue weighted by Crippen LogP contribution is 2.17. The van der Waals surface area contributed by atoms with Gasteiger partial charge in [0.25, 0.3) is 0 Å². The van der Waals surface area contributed by atoms with Crippen molar-refractivity contribution in [3.63, 3.8) is 0 Å². The standard InChI is InChI=1S/C28H44O2Si/c1-5-15-25(3)17-13-23-29-31(27-19-9-7-10-20-27,28-21-11-8-12-22-28)30-24-14-18-26(4)16-6-2/h7-12,19-22,25-26H,5-6,13-18,23-24H2,1-4H3. The molecule has 2 aromatic carbocycles. The van der Waals surface area contributed by atoms with Crippen LogP contribution in [0.2, 0.25) is 0 Å². The van der Waals surface area contributed by atoms with E-state index in [2.05, 4.69) is 88.4 Å². The Bertz CT molecular complexity index is 627. The van der Waals surface area contributed by atoms with E-state index in [-0.39, 0.29) is 0 Å². The first-order valence-electron chi connectivity index (χ1n) is 12.5. The Morgan fingerprint density at radius 2 is 1.00 bits per heavy atom. The molecular formula is C28H44O2Si. The molecule has 2 nitrogen and oxygen atoms in total. The van der Waals surface area contributed by atoms with E-state index >= 15 is 0 Å². The molecule has 2 unspecified atom stereocenters. The topological polar surface area (TPSA) is 18.5 Å². The monoisotopic (exact) mass is 440 g/mol. The zero-order chi connectivity index (χ0) is 22.4. The molecule has 0 saturated carbocycles. The summed E-state index contributed by atoms with van der Waals surface area (Å²) >= 11 is 0. The molecule has 0 aliphatic carbocycles. The average Bonchev–Trinajstić information content (AvgIpc) is 2.80. The van der Waals surface area contributed by atoms with E-state index in [1.165, 1.54) is 48.9 Å². The van der Waals surface area contributed by atoms with E-state index < -0.39 is 8.56 Å². The molecule has 0 radical (unpaired) electrons. The van der Waals surface area contributed by atoms with Crippen LogP contribution in [0.3, 0.4) is 0 Å². The minimum absolute atomic E-state index is 0.760. The van der Waals surface area contributed by atoms with Crippen molar-refractivity contribution in [2.45, 2.75) is 79.1 Å². The van der Waals surface area contributed by atoms with Crippen LogP contribution in [0.1, 0.15) is 79.1 Å². The lowest BCUT2D eigenvalue weighted by Crippen LogP contribution is -2.63. The molecule has 3 heteroatoms. The molecule has 0 fully saturated rings. The Balaban J connectivity index is 2.16. The molecule has 2 rings (SSSR count). The highest BCUT2D eigenvalue weighted by molar-refractivity contribution is 6.92. The molecule has 31 heavy (non-hydrogen) atoms. The molecule has 172 valence electrons. The summed E-state index contributed by atoms with van der Waals surface area (Å²) in [5, 5.41) is 2.42. The number of hydrogen-bond donors (Lipinski definition) is 0. The summed E-state index contributed by atoms with van der Waals surface area (Å²) in [6.07, 6.45) is 9.73. The van der Waals surface area contributed by atoms with Gasteiger partial charge >= 0.3 is 8.56 Å². The van der Waals surface area contributed by atoms with Gasteiger partial charge in [0.05, 0.1) is 0 Å². The summed E-state index contributed by atoms with van der Waals surface area (Å²) in [6, 6.07) is 21.4. The highest BCUT2D eigenvalue weighted by Gasteiger charge is 2.42.